The second-order valence-electron chi connectivity index (χ2n) is 6.06. The lowest BCUT2D eigenvalue weighted by atomic mass is 10.1. The minimum absolute atomic E-state index is 0.0425. The van der Waals surface area contributed by atoms with Crippen LogP contribution in [0.25, 0.3) is 0 Å². The Hall–Kier alpha value is -1.92. The van der Waals surface area contributed by atoms with Crippen molar-refractivity contribution in [1.29, 1.82) is 0 Å². The molecule has 23 heavy (non-hydrogen) atoms. The highest BCUT2D eigenvalue weighted by atomic mass is 16.5. The first-order valence-corrected chi connectivity index (χ1v) is 8.23. The fourth-order valence-electron chi connectivity index (χ4n) is 3.02. The molecule has 1 aromatic rings. The fraction of sp³-hybridized carbons (Fsp3) is 0.529. The van der Waals surface area contributed by atoms with Gasteiger partial charge in [0.1, 0.15) is 0 Å². The molecule has 0 bridgehead atoms. The third kappa shape index (κ3) is 4.30. The molecule has 3 rings (SSSR count). The molecule has 0 saturated carbocycles. The molecule has 1 aromatic carbocycles. The number of ether oxygens (including phenoxy) is 1. The standard InChI is InChI=1S/C17H23N3O3/c21-16(11-15-12-23-9-6-18-15)19-14-5-3-4-13(10-14)17(22)20-7-1-2-8-20/h3-5,10,15,18H,1-2,6-9,11-12H2,(H,19,21). The SMILES string of the molecule is O=C(CC1COCCN1)Nc1cccc(C(=O)N2CCCC2)c1. The second kappa shape index (κ2) is 7.57. The second-order valence-corrected chi connectivity index (χ2v) is 6.06. The van der Waals surface area contributed by atoms with E-state index in [1.165, 1.54) is 0 Å². The summed E-state index contributed by atoms with van der Waals surface area (Å²) in [5.74, 6) is -0.0280. The third-order valence-corrected chi connectivity index (χ3v) is 4.22. The Morgan fingerprint density at radius 2 is 2.13 bits per heavy atom. The van der Waals surface area contributed by atoms with Crippen molar-refractivity contribution in [1.82, 2.24) is 10.2 Å². The van der Waals surface area contributed by atoms with E-state index in [2.05, 4.69) is 10.6 Å². The predicted octanol–water partition coefficient (Wildman–Crippen LogP) is 1.24. The highest BCUT2D eigenvalue weighted by molar-refractivity contribution is 5.97. The van der Waals surface area contributed by atoms with Gasteiger partial charge in [0.15, 0.2) is 0 Å². The maximum atomic E-state index is 12.4. The van der Waals surface area contributed by atoms with E-state index >= 15 is 0 Å². The van der Waals surface area contributed by atoms with Gasteiger partial charge in [-0.15, -0.1) is 0 Å². The Kier molecular flexibility index (Phi) is 5.25. The van der Waals surface area contributed by atoms with Crippen molar-refractivity contribution < 1.29 is 14.3 Å². The molecule has 2 heterocycles. The molecule has 124 valence electrons. The lowest BCUT2D eigenvalue weighted by Gasteiger charge is -2.23. The number of nitrogens with one attached hydrogen (secondary N) is 2. The Labute approximate surface area is 136 Å². The summed E-state index contributed by atoms with van der Waals surface area (Å²) in [5.41, 5.74) is 1.29. The summed E-state index contributed by atoms with van der Waals surface area (Å²) in [6.07, 6.45) is 2.50. The van der Waals surface area contributed by atoms with E-state index < -0.39 is 0 Å². The molecule has 2 fully saturated rings. The quantitative estimate of drug-likeness (QED) is 0.876. The van der Waals surface area contributed by atoms with Crippen LogP contribution in [0.1, 0.15) is 29.6 Å². The zero-order valence-corrected chi connectivity index (χ0v) is 13.2. The van der Waals surface area contributed by atoms with Gasteiger partial charge in [-0.1, -0.05) is 6.07 Å². The van der Waals surface area contributed by atoms with Gasteiger partial charge in [-0.25, -0.2) is 0 Å². The molecule has 2 N–H and O–H groups in total. The number of carbonyl (C=O) groups excluding carboxylic acids is 2. The van der Waals surface area contributed by atoms with Crippen molar-refractivity contribution in [2.24, 2.45) is 0 Å². The Balaban J connectivity index is 1.58. The molecule has 0 aliphatic carbocycles. The van der Waals surface area contributed by atoms with Gasteiger partial charge in [-0.3, -0.25) is 9.59 Å². The minimum atomic E-state index is -0.0706. The van der Waals surface area contributed by atoms with Crippen LogP contribution in [0, 0.1) is 0 Å². The summed E-state index contributed by atoms with van der Waals surface area (Å²) in [4.78, 5) is 26.4. The van der Waals surface area contributed by atoms with Crippen LogP contribution in [0.2, 0.25) is 0 Å². The molecule has 0 spiro atoms. The molecule has 2 aliphatic rings. The maximum Gasteiger partial charge on any atom is 0.253 e. The fourth-order valence-corrected chi connectivity index (χ4v) is 3.02. The molecule has 1 unspecified atom stereocenters. The zero-order chi connectivity index (χ0) is 16.1. The molecule has 0 radical (unpaired) electrons. The predicted molar refractivity (Wildman–Crippen MR) is 87.4 cm³/mol. The summed E-state index contributed by atoms with van der Waals surface area (Å²) < 4.78 is 5.35. The van der Waals surface area contributed by atoms with E-state index in [-0.39, 0.29) is 17.9 Å². The summed E-state index contributed by atoms with van der Waals surface area (Å²) in [6, 6.07) is 7.22. The van der Waals surface area contributed by atoms with Gasteiger partial charge in [0.25, 0.3) is 5.91 Å². The van der Waals surface area contributed by atoms with Crippen LogP contribution < -0.4 is 10.6 Å². The average molecular weight is 317 g/mol. The number of nitrogens with zero attached hydrogens (tertiary/aromatic N) is 1. The number of benzene rings is 1. The number of hydrogen-bond acceptors (Lipinski definition) is 4. The van der Waals surface area contributed by atoms with Crippen molar-refractivity contribution in [3.63, 3.8) is 0 Å². The van der Waals surface area contributed by atoms with Gasteiger partial charge < -0.3 is 20.3 Å². The van der Waals surface area contributed by atoms with E-state index in [0.717, 1.165) is 32.5 Å². The summed E-state index contributed by atoms with van der Waals surface area (Å²) in [5, 5.41) is 6.13. The zero-order valence-electron chi connectivity index (χ0n) is 13.2. The van der Waals surface area contributed by atoms with E-state index in [0.29, 0.717) is 30.9 Å². The molecular weight excluding hydrogens is 294 g/mol. The van der Waals surface area contributed by atoms with Gasteiger partial charge in [0.05, 0.1) is 13.2 Å². The average Bonchev–Trinajstić information content (AvgIpc) is 3.09. The number of carbonyl (C=O) groups is 2. The lowest BCUT2D eigenvalue weighted by molar-refractivity contribution is -0.117. The number of amides is 2. The molecule has 2 aliphatic heterocycles. The highest BCUT2D eigenvalue weighted by Gasteiger charge is 2.20. The number of anilines is 1. The molecule has 0 aromatic heterocycles. The Morgan fingerprint density at radius 3 is 2.87 bits per heavy atom. The normalized spacial score (nSPS) is 21.2. The van der Waals surface area contributed by atoms with Crippen LogP contribution in [-0.4, -0.2) is 55.6 Å². The van der Waals surface area contributed by atoms with Crippen molar-refractivity contribution in [3.05, 3.63) is 29.8 Å². The molecule has 1 atom stereocenters. The van der Waals surface area contributed by atoms with Gasteiger partial charge in [0, 0.05) is 43.3 Å². The monoisotopic (exact) mass is 317 g/mol. The molecule has 6 heteroatoms. The van der Waals surface area contributed by atoms with Crippen molar-refractivity contribution in [2.45, 2.75) is 25.3 Å². The van der Waals surface area contributed by atoms with Gasteiger partial charge in [0.2, 0.25) is 5.91 Å². The van der Waals surface area contributed by atoms with Gasteiger partial charge >= 0.3 is 0 Å². The van der Waals surface area contributed by atoms with Crippen LogP contribution in [-0.2, 0) is 9.53 Å². The maximum absolute atomic E-state index is 12.4. The third-order valence-electron chi connectivity index (χ3n) is 4.22. The minimum Gasteiger partial charge on any atom is -0.378 e. The molecular formula is C17H23N3O3. The van der Waals surface area contributed by atoms with Crippen LogP contribution >= 0.6 is 0 Å². The van der Waals surface area contributed by atoms with Crippen LogP contribution in [0.4, 0.5) is 5.69 Å². The summed E-state index contributed by atoms with van der Waals surface area (Å²) in [6.45, 7) is 3.67. The number of morpholine rings is 1. The Bertz CT molecular complexity index is 564. The van der Waals surface area contributed by atoms with Crippen molar-refractivity contribution in [2.75, 3.05) is 38.2 Å². The highest BCUT2D eigenvalue weighted by Crippen LogP contribution is 2.16. The van der Waals surface area contributed by atoms with Crippen LogP contribution in [0.5, 0.6) is 0 Å². The smallest absolute Gasteiger partial charge is 0.253 e. The van der Waals surface area contributed by atoms with E-state index in [9.17, 15) is 9.59 Å². The first-order valence-electron chi connectivity index (χ1n) is 8.23. The topological polar surface area (TPSA) is 70.7 Å². The Morgan fingerprint density at radius 1 is 1.30 bits per heavy atom. The largest absolute Gasteiger partial charge is 0.378 e. The first-order chi connectivity index (χ1) is 11.2. The van der Waals surface area contributed by atoms with Gasteiger partial charge in [-0.05, 0) is 31.0 Å². The lowest BCUT2D eigenvalue weighted by Crippen LogP contribution is -2.43. The summed E-state index contributed by atoms with van der Waals surface area (Å²) >= 11 is 0. The first kappa shape index (κ1) is 16.0. The summed E-state index contributed by atoms with van der Waals surface area (Å²) in [7, 11) is 0. The molecule has 6 nitrogen and oxygen atoms in total. The van der Waals surface area contributed by atoms with E-state index in [4.69, 9.17) is 4.74 Å². The number of hydrogen-bond donors (Lipinski definition) is 2. The van der Waals surface area contributed by atoms with Crippen LogP contribution in [0.3, 0.4) is 0 Å². The molecule has 2 saturated heterocycles. The van der Waals surface area contributed by atoms with Crippen molar-refractivity contribution in [3.8, 4) is 0 Å². The van der Waals surface area contributed by atoms with E-state index in [1.807, 2.05) is 11.0 Å². The van der Waals surface area contributed by atoms with E-state index in [1.54, 1.807) is 18.2 Å². The number of likely N-dealkylation sites (tertiary alicyclic amines) is 1. The van der Waals surface area contributed by atoms with Crippen molar-refractivity contribution >= 4 is 17.5 Å². The van der Waals surface area contributed by atoms with Gasteiger partial charge in [-0.2, -0.15) is 0 Å². The van der Waals surface area contributed by atoms with Crippen LogP contribution in [0.15, 0.2) is 24.3 Å². The number of rotatable bonds is 4. The molecule has 2 amide bonds.